The number of rotatable bonds is 5. The standard InChI is InChI=1S/C12H24N3/c1-11(2)15(12(3)4)9-8-14-7-6-13(5)10-14/h6-7,10-12H,8-9H2,1-5H3/q+1/p+1. The second-order valence-electron chi connectivity index (χ2n) is 4.85. The van der Waals surface area contributed by atoms with E-state index in [1.54, 1.807) is 0 Å². The van der Waals surface area contributed by atoms with E-state index in [4.69, 9.17) is 0 Å². The van der Waals surface area contributed by atoms with Gasteiger partial charge >= 0.3 is 6.34 Å². The van der Waals surface area contributed by atoms with Gasteiger partial charge in [-0.2, -0.15) is 4.58 Å². The zero-order chi connectivity index (χ0) is 11.4. The van der Waals surface area contributed by atoms with Gasteiger partial charge in [0.2, 0.25) is 6.20 Å². The molecule has 3 heteroatoms. The number of nitrogens with zero attached hydrogens (tertiary/aromatic N) is 2. The van der Waals surface area contributed by atoms with E-state index >= 15 is 0 Å². The summed E-state index contributed by atoms with van der Waals surface area (Å²) in [4.78, 5) is 3.87. The summed E-state index contributed by atoms with van der Waals surface area (Å²) in [6, 6.07) is 1.25. The van der Waals surface area contributed by atoms with E-state index in [1.165, 1.54) is 4.90 Å². The molecule has 1 rings (SSSR count). The summed E-state index contributed by atoms with van der Waals surface area (Å²) < 4.78 is 2.27. The monoisotopic (exact) mass is 211 g/mol. The van der Waals surface area contributed by atoms with Gasteiger partial charge in [-0.05, 0) is 27.7 Å². The fourth-order valence-corrected chi connectivity index (χ4v) is 2.04. The molecule has 1 heterocycles. The van der Waals surface area contributed by atoms with E-state index in [0.29, 0.717) is 12.1 Å². The van der Waals surface area contributed by atoms with E-state index in [0.717, 1.165) is 13.1 Å². The third-order valence-electron chi connectivity index (χ3n) is 2.84. The van der Waals surface area contributed by atoms with Crippen LogP contribution in [-0.4, -0.2) is 48.0 Å². The normalized spacial score (nSPS) is 20.8. The lowest BCUT2D eigenvalue weighted by molar-refractivity contribution is -0.725. The number of hydrogen-bond acceptors (Lipinski definition) is 1. The molecule has 0 fully saturated rings. The van der Waals surface area contributed by atoms with Crippen LogP contribution in [0, 0.1) is 0 Å². The summed E-state index contributed by atoms with van der Waals surface area (Å²) in [6.45, 7) is 11.3. The third-order valence-corrected chi connectivity index (χ3v) is 2.84. The maximum atomic E-state index is 2.52. The molecule has 0 radical (unpaired) electrons. The van der Waals surface area contributed by atoms with E-state index in [9.17, 15) is 0 Å². The van der Waals surface area contributed by atoms with Gasteiger partial charge in [-0.1, -0.05) is 0 Å². The van der Waals surface area contributed by atoms with E-state index in [-0.39, 0.29) is 0 Å². The molecule has 15 heavy (non-hydrogen) atoms. The van der Waals surface area contributed by atoms with Crippen LogP contribution in [0.15, 0.2) is 12.4 Å². The zero-order valence-corrected chi connectivity index (χ0v) is 10.7. The smallest absolute Gasteiger partial charge is 0.292 e. The minimum atomic E-state index is 0.627. The predicted octanol–water partition coefficient (Wildman–Crippen LogP) is 0.146. The zero-order valence-electron chi connectivity index (χ0n) is 10.7. The van der Waals surface area contributed by atoms with Gasteiger partial charge in [0, 0.05) is 12.1 Å². The average Bonchev–Trinajstić information content (AvgIpc) is 2.50. The minimum Gasteiger partial charge on any atom is -0.292 e. The Morgan fingerprint density at radius 3 is 2.20 bits per heavy atom. The minimum absolute atomic E-state index is 0.627. The molecule has 86 valence electrons. The Morgan fingerprint density at radius 2 is 1.80 bits per heavy atom. The van der Waals surface area contributed by atoms with E-state index in [2.05, 4.69) is 63.0 Å². The number of nitrogens with one attached hydrogen (secondary N) is 1. The number of hydrogen-bond donors (Lipinski definition) is 1. The summed E-state index contributed by atoms with van der Waals surface area (Å²) in [6.07, 6.45) is 6.53. The van der Waals surface area contributed by atoms with Crippen molar-refractivity contribution in [2.45, 2.75) is 39.8 Å². The van der Waals surface area contributed by atoms with E-state index < -0.39 is 0 Å². The molecule has 1 N–H and O–H groups in total. The Kier molecular flexibility index (Phi) is 4.48. The molecule has 1 aliphatic rings. The summed E-state index contributed by atoms with van der Waals surface area (Å²) in [5, 5.41) is 0. The van der Waals surface area contributed by atoms with Gasteiger partial charge in [0.1, 0.15) is 0 Å². The molecule has 0 aromatic heterocycles. The molecule has 0 aromatic carbocycles. The highest BCUT2D eigenvalue weighted by molar-refractivity contribution is 5.38. The molecular formula is C12H25N3+2. The fourth-order valence-electron chi connectivity index (χ4n) is 2.04. The van der Waals surface area contributed by atoms with Gasteiger partial charge < -0.3 is 0 Å². The first-order valence-corrected chi connectivity index (χ1v) is 5.89. The molecule has 1 atom stereocenters. The lowest BCUT2D eigenvalue weighted by Crippen LogP contribution is -3.02. The van der Waals surface area contributed by atoms with Gasteiger partial charge in [0.25, 0.3) is 0 Å². The summed E-state index contributed by atoms with van der Waals surface area (Å²) in [7, 11) is 2.14. The Balaban J connectivity index is 2.41. The van der Waals surface area contributed by atoms with Crippen LogP contribution in [0.4, 0.5) is 0 Å². The summed E-state index contributed by atoms with van der Waals surface area (Å²) in [5.74, 6) is 0. The van der Waals surface area contributed by atoms with Crippen LogP contribution >= 0.6 is 0 Å². The topological polar surface area (TPSA) is 10.7 Å². The van der Waals surface area contributed by atoms with Crippen LogP contribution in [0.1, 0.15) is 27.7 Å². The molecule has 0 saturated heterocycles. The largest absolute Gasteiger partial charge is 0.335 e. The maximum absolute atomic E-state index is 2.52. The first-order valence-electron chi connectivity index (χ1n) is 5.89. The van der Waals surface area contributed by atoms with E-state index in [1.807, 2.05) is 0 Å². The predicted molar refractivity (Wildman–Crippen MR) is 64.2 cm³/mol. The Morgan fingerprint density at radius 1 is 1.20 bits per heavy atom. The van der Waals surface area contributed by atoms with Crippen molar-refractivity contribution >= 4 is 6.34 Å². The maximum Gasteiger partial charge on any atom is 0.335 e. The lowest BCUT2D eigenvalue weighted by Gasteiger charge is -2.28. The molecule has 1 unspecified atom stereocenters. The molecule has 0 aliphatic carbocycles. The molecular weight excluding hydrogens is 186 g/mol. The highest BCUT2D eigenvalue weighted by Crippen LogP contribution is 2.03. The van der Waals surface area contributed by atoms with Crippen LogP contribution in [-0.2, 0) is 0 Å². The van der Waals surface area contributed by atoms with Crippen molar-refractivity contribution in [3.05, 3.63) is 12.4 Å². The highest BCUT2D eigenvalue weighted by Gasteiger charge is 2.18. The van der Waals surface area contributed by atoms with Crippen molar-refractivity contribution in [3.63, 3.8) is 0 Å². The van der Waals surface area contributed by atoms with Crippen molar-refractivity contribution in [1.29, 1.82) is 0 Å². The summed E-state index contributed by atoms with van der Waals surface area (Å²) in [5.41, 5.74) is 0. The van der Waals surface area contributed by atoms with Crippen LogP contribution in [0.5, 0.6) is 0 Å². The second-order valence-corrected chi connectivity index (χ2v) is 4.85. The fraction of sp³-hybridized carbons (Fsp3) is 0.750. The Bertz CT molecular complexity index is 246. The van der Waals surface area contributed by atoms with Crippen molar-refractivity contribution in [2.24, 2.45) is 0 Å². The van der Waals surface area contributed by atoms with Gasteiger partial charge in [-0.15, -0.1) is 0 Å². The molecule has 0 bridgehead atoms. The van der Waals surface area contributed by atoms with Gasteiger partial charge in [0.05, 0.1) is 13.6 Å². The van der Waals surface area contributed by atoms with Crippen LogP contribution in [0.2, 0.25) is 0 Å². The van der Waals surface area contributed by atoms with Crippen molar-refractivity contribution in [3.8, 4) is 0 Å². The molecule has 0 aromatic rings. The molecule has 1 aliphatic heterocycles. The van der Waals surface area contributed by atoms with Gasteiger partial charge in [0.15, 0.2) is 12.7 Å². The van der Waals surface area contributed by atoms with Crippen LogP contribution in [0.3, 0.4) is 0 Å². The van der Waals surface area contributed by atoms with Crippen molar-refractivity contribution in [1.82, 2.24) is 4.90 Å². The van der Waals surface area contributed by atoms with Gasteiger partial charge in [-0.25, -0.2) is 4.90 Å². The highest BCUT2D eigenvalue weighted by atomic mass is 15.2. The molecule has 0 spiro atoms. The molecule has 0 amide bonds. The quantitative estimate of drug-likeness (QED) is 0.638. The number of quaternary nitrogens is 1. The summed E-state index contributed by atoms with van der Waals surface area (Å²) >= 11 is 0. The lowest BCUT2D eigenvalue weighted by atomic mass is 10.2. The molecule has 3 nitrogen and oxygen atoms in total. The van der Waals surface area contributed by atoms with Crippen molar-refractivity contribution in [2.75, 3.05) is 20.1 Å². The first-order chi connectivity index (χ1) is 7.00. The van der Waals surface area contributed by atoms with Crippen LogP contribution < -0.4 is 4.90 Å². The second kappa shape index (κ2) is 5.42. The SMILES string of the molecule is CC(C)N(CC[N+]1=C[NH+](C)C=C1)C(C)C. The third kappa shape index (κ3) is 3.76. The first kappa shape index (κ1) is 12.4. The Labute approximate surface area is 93.7 Å². The Hall–Kier alpha value is -0.670. The van der Waals surface area contributed by atoms with Gasteiger partial charge in [-0.3, -0.25) is 4.90 Å². The van der Waals surface area contributed by atoms with Crippen LogP contribution in [0.25, 0.3) is 0 Å². The average molecular weight is 211 g/mol. The van der Waals surface area contributed by atoms with Crippen molar-refractivity contribution < 1.29 is 9.48 Å². The molecule has 0 saturated carbocycles.